The lowest BCUT2D eigenvalue weighted by atomic mass is 10.0. The van der Waals surface area contributed by atoms with Crippen molar-refractivity contribution in [1.29, 1.82) is 0 Å². The SMILES string of the molecule is CC1C(=O)N(C)c2cnc(Nc3cccc(C(=O)Nc4ccnn4C)c3)cc2N1C1CCCC1. The fourth-order valence-corrected chi connectivity index (χ4v) is 4.96. The predicted molar refractivity (Wildman–Crippen MR) is 133 cm³/mol. The minimum atomic E-state index is -0.216. The summed E-state index contributed by atoms with van der Waals surface area (Å²) in [5, 5.41) is 10.3. The molecule has 2 aliphatic rings. The van der Waals surface area contributed by atoms with Gasteiger partial charge in [-0.25, -0.2) is 4.98 Å². The highest BCUT2D eigenvalue weighted by atomic mass is 16.2. The quantitative estimate of drug-likeness (QED) is 0.600. The van der Waals surface area contributed by atoms with Crippen LogP contribution in [-0.4, -0.2) is 45.7 Å². The summed E-state index contributed by atoms with van der Waals surface area (Å²) in [5.74, 6) is 1.17. The van der Waals surface area contributed by atoms with E-state index in [9.17, 15) is 9.59 Å². The molecule has 3 aromatic rings. The molecule has 1 aliphatic carbocycles. The van der Waals surface area contributed by atoms with Gasteiger partial charge in [-0.15, -0.1) is 0 Å². The number of nitrogens with zero attached hydrogens (tertiary/aromatic N) is 5. The number of carbonyl (C=O) groups excluding carboxylic acids is 2. The van der Waals surface area contributed by atoms with Gasteiger partial charge in [-0.05, 0) is 38.0 Å². The zero-order chi connectivity index (χ0) is 23.8. The number of hydrogen-bond donors (Lipinski definition) is 2. The van der Waals surface area contributed by atoms with E-state index < -0.39 is 0 Å². The molecule has 3 heterocycles. The van der Waals surface area contributed by atoms with Crippen LogP contribution in [0.15, 0.2) is 48.8 Å². The van der Waals surface area contributed by atoms with Crippen LogP contribution >= 0.6 is 0 Å². The number of pyridine rings is 1. The van der Waals surface area contributed by atoms with Crippen molar-refractivity contribution in [3.8, 4) is 0 Å². The number of amides is 2. The van der Waals surface area contributed by atoms with Crippen LogP contribution in [0, 0.1) is 0 Å². The summed E-state index contributed by atoms with van der Waals surface area (Å²) in [7, 11) is 3.58. The van der Waals surface area contributed by atoms with Gasteiger partial charge in [-0.1, -0.05) is 18.9 Å². The molecule has 2 amide bonds. The van der Waals surface area contributed by atoms with E-state index in [1.54, 1.807) is 47.2 Å². The summed E-state index contributed by atoms with van der Waals surface area (Å²) in [6.07, 6.45) is 7.96. The van der Waals surface area contributed by atoms with Crippen molar-refractivity contribution in [1.82, 2.24) is 14.8 Å². The van der Waals surface area contributed by atoms with Crippen molar-refractivity contribution in [3.63, 3.8) is 0 Å². The Hall–Kier alpha value is -3.88. The van der Waals surface area contributed by atoms with E-state index in [1.807, 2.05) is 32.2 Å². The molecule has 0 bridgehead atoms. The van der Waals surface area contributed by atoms with Gasteiger partial charge >= 0.3 is 0 Å². The van der Waals surface area contributed by atoms with Crippen molar-refractivity contribution in [2.45, 2.75) is 44.7 Å². The number of aryl methyl sites for hydroxylation is 1. The molecular formula is C25H29N7O2. The van der Waals surface area contributed by atoms with Gasteiger partial charge in [-0.3, -0.25) is 14.3 Å². The van der Waals surface area contributed by atoms with Gasteiger partial charge < -0.3 is 20.4 Å². The maximum Gasteiger partial charge on any atom is 0.256 e. The van der Waals surface area contributed by atoms with Crippen LogP contribution in [0.25, 0.3) is 0 Å². The predicted octanol–water partition coefficient (Wildman–Crippen LogP) is 3.92. The van der Waals surface area contributed by atoms with E-state index in [2.05, 4.69) is 25.6 Å². The third-order valence-corrected chi connectivity index (χ3v) is 6.78. The number of benzene rings is 1. The van der Waals surface area contributed by atoms with E-state index in [0.29, 0.717) is 23.2 Å². The summed E-state index contributed by atoms with van der Waals surface area (Å²) in [5.41, 5.74) is 3.12. The van der Waals surface area contributed by atoms with Crippen LogP contribution in [0.1, 0.15) is 43.0 Å². The molecule has 0 spiro atoms. The third-order valence-electron chi connectivity index (χ3n) is 6.78. The van der Waals surface area contributed by atoms with Crippen LogP contribution < -0.4 is 20.4 Å². The van der Waals surface area contributed by atoms with Gasteiger partial charge in [0.25, 0.3) is 5.91 Å². The Morgan fingerprint density at radius 3 is 2.62 bits per heavy atom. The Labute approximate surface area is 198 Å². The molecule has 34 heavy (non-hydrogen) atoms. The average Bonchev–Trinajstić information content (AvgIpc) is 3.50. The fraction of sp³-hybridized carbons (Fsp3) is 0.360. The topological polar surface area (TPSA) is 95.4 Å². The lowest BCUT2D eigenvalue weighted by molar-refractivity contribution is -0.119. The average molecular weight is 460 g/mol. The normalized spacial score (nSPS) is 18.2. The highest BCUT2D eigenvalue weighted by Crippen LogP contribution is 2.41. The van der Waals surface area contributed by atoms with Gasteiger partial charge in [0.05, 0.1) is 23.8 Å². The molecule has 1 unspecified atom stereocenters. The van der Waals surface area contributed by atoms with E-state index in [-0.39, 0.29) is 17.9 Å². The molecule has 1 atom stereocenters. The maximum atomic E-state index is 12.9. The standard InChI is InChI=1S/C25H29N7O2/c1-16-25(34)30(2)21-15-26-22(14-20(21)32(16)19-9-4-5-10-19)28-18-8-6-7-17(13-18)24(33)29-23-11-12-27-31(23)3/h6-8,11-16,19H,4-5,9-10H2,1-3H3,(H,26,28)(H,29,33). The molecule has 2 aromatic heterocycles. The highest BCUT2D eigenvalue weighted by molar-refractivity contribution is 6.06. The van der Waals surface area contributed by atoms with Crippen LogP contribution in [0.2, 0.25) is 0 Å². The zero-order valence-electron chi connectivity index (χ0n) is 19.7. The van der Waals surface area contributed by atoms with Gasteiger partial charge in [-0.2, -0.15) is 5.10 Å². The molecular weight excluding hydrogens is 430 g/mol. The van der Waals surface area contributed by atoms with Crippen molar-refractivity contribution in [2.24, 2.45) is 7.05 Å². The van der Waals surface area contributed by atoms with Crippen LogP contribution in [0.3, 0.4) is 0 Å². The molecule has 0 radical (unpaired) electrons. The number of nitrogens with one attached hydrogen (secondary N) is 2. The first kappa shape index (κ1) is 21.9. The van der Waals surface area contributed by atoms with E-state index >= 15 is 0 Å². The third kappa shape index (κ3) is 3.98. The molecule has 0 saturated heterocycles. The summed E-state index contributed by atoms with van der Waals surface area (Å²) < 4.78 is 1.61. The molecule has 2 N–H and O–H groups in total. The first-order valence-corrected chi connectivity index (χ1v) is 11.6. The largest absolute Gasteiger partial charge is 0.355 e. The fourth-order valence-electron chi connectivity index (χ4n) is 4.96. The minimum Gasteiger partial charge on any atom is -0.355 e. The smallest absolute Gasteiger partial charge is 0.256 e. The first-order chi connectivity index (χ1) is 16.4. The molecule has 5 rings (SSSR count). The molecule has 9 nitrogen and oxygen atoms in total. The number of anilines is 5. The Kier molecular flexibility index (Phi) is 5.69. The lowest BCUT2D eigenvalue weighted by Crippen LogP contribution is -2.54. The molecule has 1 fully saturated rings. The lowest BCUT2D eigenvalue weighted by Gasteiger charge is -2.43. The highest BCUT2D eigenvalue weighted by Gasteiger charge is 2.38. The number of fused-ring (bicyclic) bond motifs is 1. The summed E-state index contributed by atoms with van der Waals surface area (Å²) in [6.45, 7) is 1.98. The van der Waals surface area contributed by atoms with E-state index in [4.69, 9.17) is 0 Å². The minimum absolute atomic E-state index is 0.0917. The first-order valence-electron chi connectivity index (χ1n) is 11.6. The van der Waals surface area contributed by atoms with Crippen LogP contribution in [-0.2, 0) is 11.8 Å². The Bertz CT molecular complexity index is 1230. The number of hydrogen-bond acceptors (Lipinski definition) is 6. The monoisotopic (exact) mass is 459 g/mol. The van der Waals surface area contributed by atoms with Gasteiger partial charge in [0.2, 0.25) is 5.91 Å². The van der Waals surface area contributed by atoms with Crippen molar-refractivity contribution in [2.75, 3.05) is 27.5 Å². The van der Waals surface area contributed by atoms with Crippen LogP contribution in [0.5, 0.6) is 0 Å². The van der Waals surface area contributed by atoms with Crippen molar-refractivity contribution >= 4 is 40.5 Å². The summed E-state index contributed by atoms with van der Waals surface area (Å²) in [6, 6.07) is 11.2. The van der Waals surface area contributed by atoms with Crippen molar-refractivity contribution < 1.29 is 9.59 Å². The Morgan fingerprint density at radius 2 is 1.88 bits per heavy atom. The number of carbonyl (C=O) groups is 2. The second kappa shape index (κ2) is 8.81. The van der Waals surface area contributed by atoms with Gasteiger partial charge in [0.15, 0.2) is 0 Å². The van der Waals surface area contributed by atoms with Gasteiger partial charge in [0, 0.05) is 43.5 Å². The Morgan fingerprint density at radius 1 is 1.09 bits per heavy atom. The number of rotatable bonds is 5. The zero-order valence-corrected chi connectivity index (χ0v) is 19.7. The second-order valence-corrected chi connectivity index (χ2v) is 8.98. The molecule has 1 saturated carbocycles. The summed E-state index contributed by atoms with van der Waals surface area (Å²) in [4.78, 5) is 34.1. The number of aromatic nitrogens is 3. The van der Waals surface area contributed by atoms with Gasteiger partial charge in [0.1, 0.15) is 17.7 Å². The molecule has 1 aromatic carbocycles. The second-order valence-electron chi connectivity index (χ2n) is 8.98. The summed E-state index contributed by atoms with van der Waals surface area (Å²) >= 11 is 0. The van der Waals surface area contributed by atoms with E-state index in [1.165, 1.54) is 12.8 Å². The van der Waals surface area contributed by atoms with E-state index in [0.717, 1.165) is 29.9 Å². The Balaban J connectivity index is 1.40. The molecule has 1 aliphatic heterocycles. The molecule has 176 valence electrons. The van der Waals surface area contributed by atoms with Crippen LogP contribution in [0.4, 0.5) is 28.7 Å². The van der Waals surface area contributed by atoms with Crippen molar-refractivity contribution in [3.05, 3.63) is 54.4 Å². The number of likely N-dealkylation sites (N-methyl/N-ethyl adjacent to an activating group) is 1. The molecule has 9 heteroatoms. The maximum absolute atomic E-state index is 12.9.